The predicted octanol–water partition coefficient (Wildman–Crippen LogP) is -3.03. The molecule has 0 rings (SSSR count). The van der Waals surface area contributed by atoms with Crippen LogP contribution >= 0.6 is 0 Å². The molecule has 0 saturated heterocycles. The molecule has 0 bridgehead atoms. The Morgan fingerprint density at radius 1 is 1.14 bits per heavy atom. The fraction of sp³-hybridized carbons (Fsp3) is 0. The summed E-state index contributed by atoms with van der Waals surface area (Å²) in [6, 6.07) is 0. The maximum absolute atomic E-state index is 7.17. The molecule has 0 fully saturated rings. The van der Waals surface area contributed by atoms with Crippen molar-refractivity contribution in [2.75, 3.05) is 0 Å². The second kappa shape index (κ2) is 15.8. The van der Waals surface area contributed by atoms with E-state index in [1.54, 1.807) is 0 Å². The van der Waals surface area contributed by atoms with Crippen molar-refractivity contribution in [2.24, 2.45) is 0 Å². The van der Waals surface area contributed by atoms with Gasteiger partial charge in [-0.3, -0.25) is 0 Å². The fourth-order valence-corrected chi connectivity index (χ4v) is 0. The quantitative estimate of drug-likeness (QED) is 0.405. The van der Waals surface area contributed by atoms with Gasteiger partial charge in [0.05, 0.1) is 0 Å². The van der Waals surface area contributed by atoms with Crippen molar-refractivity contribution in [3.8, 4) is 0 Å². The Bertz CT molecular complexity index is 23.3. The molecule has 0 amide bonds. The Kier molecular flexibility index (Phi) is 51.3. The largest absolute Gasteiger partial charge is 2.00 e. The van der Waals surface area contributed by atoms with E-state index in [1.807, 2.05) is 0 Å². The van der Waals surface area contributed by atoms with E-state index in [0.717, 1.165) is 0 Å². The van der Waals surface area contributed by atoms with E-state index in [1.165, 1.54) is 0 Å². The van der Waals surface area contributed by atoms with Crippen LogP contribution in [0.1, 0.15) is 2.85 Å². The van der Waals surface area contributed by atoms with Crippen molar-refractivity contribution in [2.45, 2.75) is 0 Å². The smallest absolute Gasteiger partial charge is 1.00 e. The number of hydrogen-bond acceptors (Lipinski definition) is 3. The minimum Gasteiger partial charge on any atom is -1.00 e. The summed E-state index contributed by atoms with van der Waals surface area (Å²) in [5.74, 6) is 0. The van der Waals surface area contributed by atoms with Gasteiger partial charge in [-0.25, -0.2) is 0 Å². The molecule has 5 N–H and O–H groups in total. The fourth-order valence-electron chi connectivity index (χ4n) is 0. The van der Waals surface area contributed by atoms with Gasteiger partial charge < -0.3 is 23.4 Å². The van der Waals surface area contributed by atoms with Gasteiger partial charge in [0.1, 0.15) is 0 Å². The summed E-state index contributed by atoms with van der Waals surface area (Å²) in [6.07, 6.45) is 0. The molecule has 0 aromatic heterocycles. The molecule has 1 radical (unpaired) electrons. The maximum Gasteiger partial charge on any atom is 2.00 e. The van der Waals surface area contributed by atoms with Crippen LogP contribution in [0, 0.1) is 35.6 Å². The topological polar surface area (TPSA) is 92.2 Å². The first-order valence-electron chi connectivity index (χ1n) is 0.775. The van der Waals surface area contributed by atoms with Crippen molar-refractivity contribution in [3.63, 3.8) is 0 Å². The normalized spacial score (nSPS) is 3.86. The standard InChI is InChI=1S/BH3O3.Ca.La.H2O.2H/c2-1(3)4;;;;;/h2-4H;;;1H2;;/q;+2;;;2*-1. The van der Waals surface area contributed by atoms with Crippen LogP contribution in [0.2, 0.25) is 0 Å². The van der Waals surface area contributed by atoms with Gasteiger partial charge in [-0.05, 0) is 0 Å². The molecule has 0 aromatic rings. The van der Waals surface area contributed by atoms with Crippen molar-refractivity contribution in [3.05, 3.63) is 0 Å². The van der Waals surface area contributed by atoms with Crippen LogP contribution in [0.15, 0.2) is 0 Å². The van der Waals surface area contributed by atoms with Gasteiger partial charge in [0.25, 0.3) is 0 Å². The Morgan fingerprint density at radius 2 is 1.14 bits per heavy atom. The SMILES string of the molecule is O.OB(O)O.[Ca+2].[H-].[H-].[La]. The molecule has 0 atom stereocenters. The summed E-state index contributed by atoms with van der Waals surface area (Å²) in [6.45, 7) is 0. The van der Waals surface area contributed by atoms with Crippen LogP contribution in [0.3, 0.4) is 0 Å². The van der Waals surface area contributed by atoms with Gasteiger partial charge in [-0.15, -0.1) is 0 Å². The van der Waals surface area contributed by atoms with Crippen molar-refractivity contribution in [1.29, 1.82) is 0 Å². The van der Waals surface area contributed by atoms with Crippen molar-refractivity contribution < 1.29 is 59.0 Å². The molecule has 0 heterocycles. The number of rotatable bonds is 0. The molecular formula is H7BCaLaO4. The Balaban J connectivity index is -0.00000000450. The van der Waals surface area contributed by atoms with E-state index in [4.69, 9.17) is 15.1 Å². The Hall–Kier alpha value is 2.36. The molecule has 39 valence electrons. The molecule has 0 aromatic carbocycles. The third kappa shape index (κ3) is 60.7. The van der Waals surface area contributed by atoms with E-state index in [-0.39, 0.29) is 81.7 Å². The zero-order valence-electron chi connectivity index (χ0n) is 5.70. The van der Waals surface area contributed by atoms with E-state index >= 15 is 0 Å². The summed E-state index contributed by atoms with van der Waals surface area (Å²) in [4.78, 5) is 0. The minimum atomic E-state index is -2.17. The van der Waals surface area contributed by atoms with E-state index in [2.05, 4.69) is 0 Å². The molecule has 0 aliphatic rings. The third-order valence-corrected chi connectivity index (χ3v) is 0. The molecular weight excluding hydrogens is 254 g/mol. The molecule has 4 nitrogen and oxygen atoms in total. The average molecular weight is 261 g/mol. The first-order chi connectivity index (χ1) is 1.73. The van der Waals surface area contributed by atoms with E-state index < -0.39 is 7.32 Å². The van der Waals surface area contributed by atoms with Gasteiger partial charge in [-0.2, -0.15) is 0 Å². The maximum atomic E-state index is 7.17. The Morgan fingerprint density at radius 3 is 1.14 bits per heavy atom. The summed E-state index contributed by atoms with van der Waals surface area (Å²) >= 11 is 0. The van der Waals surface area contributed by atoms with Crippen molar-refractivity contribution >= 4 is 45.1 Å². The minimum absolute atomic E-state index is 0. The summed E-state index contributed by atoms with van der Waals surface area (Å²) in [7, 11) is -2.17. The molecule has 0 saturated carbocycles. The zero-order chi connectivity index (χ0) is 3.58. The monoisotopic (exact) mass is 261 g/mol. The first kappa shape index (κ1) is 22.8. The molecule has 0 spiro atoms. The average Bonchev–Trinajstić information content (AvgIpc) is 0.811. The van der Waals surface area contributed by atoms with Gasteiger partial charge in [0.15, 0.2) is 0 Å². The second-order valence-electron chi connectivity index (χ2n) is 0.346. The van der Waals surface area contributed by atoms with Crippen LogP contribution in [0.25, 0.3) is 0 Å². The molecule has 0 aliphatic carbocycles. The Labute approximate surface area is 102 Å². The van der Waals surface area contributed by atoms with Gasteiger partial charge >= 0.3 is 45.1 Å². The number of hydrogen-bond donors (Lipinski definition) is 3. The van der Waals surface area contributed by atoms with Crippen LogP contribution < -0.4 is 0 Å². The van der Waals surface area contributed by atoms with Gasteiger partial charge in [0, 0.05) is 35.6 Å². The second-order valence-corrected chi connectivity index (χ2v) is 0.346. The molecule has 7 heteroatoms. The summed E-state index contributed by atoms with van der Waals surface area (Å²) < 4.78 is 0. The predicted molar refractivity (Wildman–Crippen MR) is 24.0 cm³/mol. The summed E-state index contributed by atoms with van der Waals surface area (Å²) in [5, 5.41) is 21.5. The zero-order valence-corrected chi connectivity index (χ0v) is 9.54. The van der Waals surface area contributed by atoms with Crippen LogP contribution in [0.4, 0.5) is 0 Å². The molecule has 7 heavy (non-hydrogen) atoms. The van der Waals surface area contributed by atoms with Crippen LogP contribution in [-0.4, -0.2) is 65.6 Å². The third-order valence-electron chi connectivity index (χ3n) is 0. The van der Waals surface area contributed by atoms with Crippen molar-refractivity contribution in [1.82, 2.24) is 0 Å². The summed E-state index contributed by atoms with van der Waals surface area (Å²) in [5.41, 5.74) is 0. The van der Waals surface area contributed by atoms with Crippen LogP contribution in [0.5, 0.6) is 0 Å². The first-order valence-corrected chi connectivity index (χ1v) is 0.775. The van der Waals surface area contributed by atoms with E-state index in [0.29, 0.717) is 0 Å². The van der Waals surface area contributed by atoms with E-state index in [9.17, 15) is 0 Å². The van der Waals surface area contributed by atoms with Gasteiger partial charge in [-0.1, -0.05) is 0 Å². The van der Waals surface area contributed by atoms with Crippen LogP contribution in [-0.2, 0) is 0 Å². The van der Waals surface area contributed by atoms with Gasteiger partial charge in [0.2, 0.25) is 0 Å². The molecule has 0 aliphatic heterocycles. The molecule has 0 unspecified atom stereocenters.